The van der Waals surface area contributed by atoms with Crippen LogP contribution in [0.2, 0.25) is 0 Å². The van der Waals surface area contributed by atoms with Crippen molar-refractivity contribution in [2.24, 2.45) is 5.73 Å². The first-order valence-electron chi connectivity index (χ1n) is 6.96. The van der Waals surface area contributed by atoms with Crippen LogP contribution in [-0.2, 0) is 14.8 Å². The molecule has 1 saturated carbocycles. The zero-order chi connectivity index (χ0) is 16.4. The molecule has 0 saturated heterocycles. The molecule has 122 valence electrons. The number of rotatable bonds is 5. The van der Waals surface area contributed by atoms with Crippen molar-refractivity contribution < 1.29 is 22.3 Å². The third-order valence-electron chi connectivity index (χ3n) is 3.96. The van der Waals surface area contributed by atoms with Crippen LogP contribution in [0.1, 0.15) is 36.0 Å². The quantitative estimate of drug-likeness (QED) is 0.790. The predicted octanol–water partition coefficient (Wildman–Crippen LogP) is 1.16. The molecule has 6 nitrogen and oxygen atoms in total. The van der Waals surface area contributed by atoms with Crippen molar-refractivity contribution in [3.05, 3.63) is 29.6 Å². The standard InChI is InChI=1S/C14H19FN2O4S/c1-21-13(18)12-10(15)5-4-6-11(12)22(19,20)17-14(9-16)7-2-3-8-14/h4-6,17H,2-3,7-9,16H2,1H3. The smallest absolute Gasteiger partial charge is 0.342 e. The SMILES string of the molecule is COC(=O)c1c(F)cccc1S(=O)(=O)NC1(CN)CCCC1. The summed E-state index contributed by atoms with van der Waals surface area (Å²) in [5.74, 6) is -1.98. The molecule has 0 heterocycles. The van der Waals surface area contributed by atoms with Gasteiger partial charge in [0.25, 0.3) is 0 Å². The molecule has 0 radical (unpaired) electrons. The largest absolute Gasteiger partial charge is 0.465 e. The molecular weight excluding hydrogens is 311 g/mol. The molecule has 0 aliphatic heterocycles. The van der Waals surface area contributed by atoms with E-state index in [0.29, 0.717) is 12.8 Å². The van der Waals surface area contributed by atoms with Crippen LogP contribution in [-0.4, -0.2) is 33.6 Å². The van der Waals surface area contributed by atoms with E-state index in [-0.39, 0.29) is 6.54 Å². The highest BCUT2D eigenvalue weighted by Gasteiger charge is 2.38. The van der Waals surface area contributed by atoms with Crippen molar-refractivity contribution in [3.63, 3.8) is 0 Å². The number of nitrogens with two attached hydrogens (primary N) is 1. The number of carbonyl (C=O) groups is 1. The van der Waals surface area contributed by atoms with Gasteiger partial charge < -0.3 is 10.5 Å². The number of carbonyl (C=O) groups excluding carboxylic acids is 1. The number of nitrogens with one attached hydrogen (secondary N) is 1. The maximum atomic E-state index is 13.9. The van der Waals surface area contributed by atoms with Gasteiger partial charge >= 0.3 is 5.97 Å². The number of methoxy groups -OCH3 is 1. The summed E-state index contributed by atoms with van der Waals surface area (Å²) < 4.78 is 46.1. The average molecular weight is 330 g/mol. The second-order valence-electron chi connectivity index (χ2n) is 5.40. The monoisotopic (exact) mass is 330 g/mol. The molecule has 1 aromatic rings. The van der Waals surface area contributed by atoms with Gasteiger partial charge in [-0.25, -0.2) is 22.3 Å². The number of ether oxygens (including phenoxy) is 1. The van der Waals surface area contributed by atoms with Gasteiger partial charge in [0.2, 0.25) is 10.0 Å². The molecule has 22 heavy (non-hydrogen) atoms. The Kier molecular flexibility index (Phi) is 4.84. The van der Waals surface area contributed by atoms with Crippen molar-refractivity contribution in [2.45, 2.75) is 36.1 Å². The van der Waals surface area contributed by atoms with Gasteiger partial charge in [0.05, 0.1) is 12.0 Å². The molecular formula is C14H19FN2O4S. The molecule has 8 heteroatoms. The van der Waals surface area contributed by atoms with E-state index in [4.69, 9.17) is 5.73 Å². The Hall–Kier alpha value is -1.51. The zero-order valence-electron chi connectivity index (χ0n) is 12.3. The molecule has 0 bridgehead atoms. The van der Waals surface area contributed by atoms with E-state index >= 15 is 0 Å². The fraction of sp³-hybridized carbons (Fsp3) is 0.500. The first-order valence-corrected chi connectivity index (χ1v) is 8.44. The highest BCUT2D eigenvalue weighted by Crippen LogP contribution is 2.31. The fourth-order valence-corrected chi connectivity index (χ4v) is 4.44. The predicted molar refractivity (Wildman–Crippen MR) is 78.3 cm³/mol. The highest BCUT2D eigenvalue weighted by atomic mass is 32.2. The van der Waals surface area contributed by atoms with Gasteiger partial charge in [0.1, 0.15) is 11.4 Å². The fourth-order valence-electron chi connectivity index (χ4n) is 2.77. The summed E-state index contributed by atoms with van der Waals surface area (Å²) in [6.07, 6.45) is 2.97. The van der Waals surface area contributed by atoms with E-state index in [1.54, 1.807) is 0 Å². The Labute approximate surface area is 128 Å². The second kappa shape index (κ2) is 6.31. The Morgan fingerprint density at radius 3 is 2.59 bits per heavy atom. The lowest BCUT2D eigenvalue weighted by Gasteiger charge is -2.28. The number of hydrogen-bond donors (Lipinski definition) is 2. The maximum Gasteiger partial charge on any atom is 0.342 e. The molecule has 0 spiro atoms. The maximum absolute atomic E-state index is 13.9. The van der Waals surface area contributed by atoms with Gasteiger partial charge in [-0.3, -0.25) is 0 Å². The van der Waals surface area contributed by atoms with E-state index in [2.05, 4.69) is 9.46 Å². The Morgan fingerprint density at radius 2 is 2.05 bits per heavy atom. The molecule has 0 aromatic heterocycles. The Morgan fingerprint density at radius 1 is 1.41 bits per heavy atom. The lowest BCUT2D eigenvalue weighted by atomic mass is 10.0. The zero-order valence-corrected chi connectivity index (χ0v) is 13.1. The van der Waals surface area contributed by atoms with Gasteiger partial charge in [-0.1, -0.05) is 18.9 Å². The Bertz CT molecular complexity index is 669. The number of sulfonamides is 1. The molecule has 0 unspecified atom stereocenters. The van der Waals surface area contributed by atoms with Gasteiger partial charge in [0, 0.05) is 12.1 Å². The Balaban J connectivity index is 2.46. The number of esters is 1. The van der Waals surface area contributed by atoms with E-state index in [0.717, 1.165) is 26.0 Å². The lowest BCUT2D eigenvalue weighted by molar-refractivity contribution is 0.0590. The normalized spacial score (nSPS) is 17.4. The number of halogens is 1. The van der Waals surface area contributed by atoms with E-state index < -0.39 is 37.8 Å². The first kappa shape index (κ1) is 16.9. The summed E-state index contributed by atoms with van der Waals surface area (Å²) in [5.41, 5.74) is 4.38. The van der Waals surface area contributed by atoms with Crippen molar-refractivity contribution in [3.8, 4) is 0 Å². The summed E-state index contributed by atoms with van der Waals surface area (Å²) >= 11 is 0. The van der Waals surface area contributed by atoms with Crippen LogP contribution in [0.25, 0.3) is 0 Å². The molecule has 1 fully saturated rings. The molecule has 1 aliphatic rings. The third kappa shape index (κ3) is 3.13. The minimum atomic E-state index is -4.09. The molecule has 3 N–H and O–H groups in total. The molecule has 1 aromatic carbocycles. The van der Waals surface area contributed by atoms with Gasteiger partial charge in [-0.05, 0) is 25.0 Å². The topological polar surface area (TPSA) is 98.5 Å². The minimum absolute atomic E-state index is 0.148. The summed E-state index contributed by atoms with van der Waals surface area (Å²) in [5, 5.41) is 0. The number of hydrogen-bond acceptors (Lipinski definition) is 5. The summed E-state index contributed by atoms with van der Waals surface area (Å²) in [6, 6.07) is 3.43. The van der Waals surface area contributed by atoms with Crippen molar-refractivity contribution in [1.82, 2.24) is 4.72 Å². The lowest BCUT2D eigenvalue weighted by Crippen LogP contribution is -2.51. The first-order chi connectivity index (χ1) is 10.4. The summed E-state index contributed by atoms with van der Waals surface area (Å²) in [7, 11) is -3.03. The summed E-state index contributed by atoms with van der Waals surface area (Å²) in [4.78, 5) is 11.3. The van der Waals surface area contributed by atoms with Crippen molar-refractivity contribution in [1.29, 1.82) is 0 Å². The second-order valence-corrected chi connectivity index (χ2v) is 7.05. The van der Waals surface area contributed by atoms with Crippen LogP contribution >= 0.6 is 0 Å². The molecule has 1 aliphatic carbocycles. The average Bonchev–Trinajstić information content (AvgIpc) is 2.94. The van der Waals surface area contributed by atoms with Crippen molar-refractivity contribution in [2.75, 3.05) is 13.7 Å². The van der Waals surface area contributed by atoms with Gasteiger partial charge in [-0.2, -0.15) is 0 Å². The summed E-state index contributed by atoms with van der Waals surface area (Å²) in [6.45, 7) is 0.148. The van der Waals surface area contributed by atoms with Crippen LogP contribution < -0.4 is 10.5 Å². The van der Waals surface area contributed by atoms with E-state index in [1.165, 1.54) is 12.1 Å². The van der Waals surface area contributed by atoms with E-state index in [9.17, 15) is 17.6 Å². The van der Waals surface area contributed by atoms with Gasteiger partial charge in [-0.15, -0.1) is 0 Å². The van der Waals surface area contributed by atoms with Crippen LogP contribution in [0.5, 0.6) is 0 Å². The van der Waals surface area contributed by atoms with E-state index in [1.807, 2.05) is 0 Å². The molecule has 2 rings (SSSR count). The highest BCUT2D eigenvalue weighted by molar-refractivity contribution is 7.89. The van der Waals surface area contributed by atoms with Gasteiger partial charge in [0.15, 0.2) is 0 Å². The number of benzene rings is 1. The van der Waals surface area contributed by atoms with Crippen molar-refractivity contribution >= 4 is 16.0 Å². The molecule has 0 atom stereocenters. The van der Waals surface area contributed by atoms with Crippen LogP contribution in [0, 0.1) is 5.82 Å². The van der Waals surface area contributed by atoms with Crippen LogP contribution in [0.3, 0.4) is 0 Å². The molecule has 0 amide bonds. The van der Waals surface area contributed by atoms with Crippen LogP contribution in [0.4, 0.5) is 4.39 Å². The third-order valence-corrected chi connectivity index (χ3v) is 5.58. The minimum Gasteiger partial charge on any atom is -0.465 e. The van der Waals surface area contributed by atoms with Crippen LogP contribution in [0.15, 0.2) is 23.1 Å².